The summed E-state index contributed by atoms with van der Waals surface area (Å²) in [5, 5.41) is 11.0. The van der Waals surface area contributed by atoms with Crippen molar-refractivity contribution in [3.63, 3.8) is 0 Å². The van der Waals surface area contributed by atoms with Crippen LogP contribution in [0, 0.1) is 10.1 Å². The zero-order valence-electron chi connectivity index (χ0n) is 14.5. The van der Waals surface area contributed by atoms with Gasteiger partial charge in [-0.25, -0.2) is 0 Å². The maximum absolute atomic E-state index is 12.4. The molecule has 0 unspecified atom stereocenters. The number of unbranched alkanes of at least 4 members (excludes halogenated alkanes) is 1. The molecule has 0 aromatic heterocycles. The molecule has 9 heteroatoms. The van der Waals surface area contributed by atoms with Crippen molar-refractivity contribution in [2.24, 2.45) is 0 Å². The Hall–Kier alpha value is -2.94. The van der Waals surface area contributed by atoms with Crippen LogP contribution in [-0.4, -0.2) is 23.3 Å². The van der Waals surface area contributed by atoms with E-state index in [4.69, 9.17) is 4.74 Å². The number of nitrogens with one attached hydrogen (secondary N) is 2. The molecule has 0 fully saturated rings. The van der Waals surface area contributed by atoms with Gasteiger partial charge in [-0.3, -0.25) is 30.6 Å². The van der Waals surface area contributed by atoms with Gasteiger partial charge >= 0.3 is 0 Å². The topological polar surface area (TPSA) is 111 Å². The molecule has 2 amide bonds. The van der Waals surface area contributed by atoms with Crippen molar-refractivity contribution < 1.29 is 19.2 Å². The first kappa shape index (κ1) is 20.4. The van der Waals surface area contributed by atoms with Gasteiger partial charge in [0.1, 0.15) is 11.3 Å². The molecule has 142 valence electrons. The molecule has 0 bridgehead atoms. The van der Waals surface area contributed by atoms with Gasteiger partial charge in [0.15, 0.2) is 0 Å². The van der Waals surface area contributed by atoms with E-state index in [0.717, 1.165) is 12.8 Å². The monoisotopic (exact) mass is 435 g/mol. The van der Waals surface area contributed by atoms with Crippen LogP contribution in [0.1, 0.15) is 40.5 Å². The SMILES string of the molecule is CCCCOc1ccc(Br)cc1C(=O)NNC(=O)c1ccccc1[N+](=O)[O-]. The summed E-state index contributed by atoms with van der Waals surface area (Å²) in [5.74, 6) is -1.02. The van der Waals surface area contributed by atoms with E-state index in [-0.39, 0.29) is 16.8 Å². The lowest BCUT2D eigenvalue weighted by molar-refractivity contribution is -0.385. The van der Waals surface area contributed by atoms with Gasteiger partial charge < -0.3 is 4.74 Å². The zero-order valence-corrected chi connectivity index (χ0v) is 16.1. The summed E-state index contributed by atoms with van der Waals surface area (Å²) >= 11 is 3.29. The molecule has 2 aromatic carbocycles. The van der Waals surface area contributed by atoms with Crippen LogP contribution in [0.3, 0.4) is 0 Å². The first-order valence-corrected chi connectivity index (χ1v) is 8.99. The van der Waals surface area contributed by atoms with Crippen LogP contribution in [0.4, 0.5) is 5.69 Å². The highest BCUT2D eigenvalue weighted by molar-refractivity contribution is 9.10. The number of carbonyl (C=O) groups excluding carboxylic acids is 2. The molecule has 0 aliphatic heterocycles. The molecule has 2 rings (SSSR count). The number of amides is 2. The van der Waals surface area contributed by atoms with Gasteiger partial charge in [0.05, 0.1) is 17.1 Å². The third-order valence-corrected chi connectivity index (χ3v) is 4.07. The number of hydrogen-bond donors (Lipinski definition) is 2. The van der Waals surface area contributed by atoms with Gasteiger partial charge in [-0.15, -0.1) is 0 Å². The molecule has 27 heavy (non-hydrogen) atoms. The average molecular weight is 436 g/mol. The van der Waals surface area contributed by atoms with Crippen molar-refractivity contribution in [2.45, 2.75) is 19.8 Å². The number of hydrazine groups is 1. The van der Waals surface area contributed by atoms with Crippen molar-refractivity contribution in [2.75, 3.05) is 6.61 Å². The Balaban J connectivity index is 2.11. The van der Waals surface area contributed by atoms with Crippen LogP contribution in [0.5, 0.6) is 5.75 Å². The molecule has 0 saturated heterocycles. The highest BCUT2D eigenvalue weighted by Crippen LogP contribution is 2.23. The lowest BCUT2D eigenvalue weighted by atomic mass is 10.1. The summed E-state index contributed by atoms with van der Waals surface area (Å²) in [5.41, 5.74) is 4.17. The fourth-order valence-corrected chi connectivity index (χ4v) is 2.57. The third-order valence-electron chi connectivity index (χ3n) is 3.58. The fraction of sp³-hybridized carbons (Fsp3) is 0.222. The summed E-state index contributed by atoms with van der Waals surface area (Å²) in [4.78, 5) is 35.0. The van der Waals surface area contributed by atoms with E-state index in [2.05, 4.69) is 26.8 Å². The van der Waals surface area contributed by atoms with Crippen LogP contribution in [0.2, 0.25) is 0 Å². The van der Waals surface area contributed by atoms with Crippen LogP contribution in [0.15, 0.2) is 46.9 Å². The first-order valence-electron chi connectivity index (χ1n) is 8.20. The van der Waals surface area contributed by atoms with Gasteiger partial charge in [-0.05, 0) is 30.7 Å². The molecule has 2 aromatic rings. The Morgan fingerprint density at radius 3 is 2.44 bits per heavy atom. The van der Waals surface area contributed by atoms with Gasteiger partial charge in [0, 0.05) is 10.5 Å². The summed E-state index contributed by atoms with van der Waals surface area (Å²) in [6.45, 7) is 2.48. The van der Waals surface area contributed by atoms with Crippen molar-refractivity contribution in [3.8, 4) is 5.75 Å². The minimum Gasteiger partial charge on any atom is -0.493 e. The minimum absolute atomic E-state index is 0.156. The predicted octanol–water partition coefficient (Wildman–Crippen LogP) is 3.61. The van der Waals surface area contributed by atoms with Gasteiger partial charge in [0.2, 0.25) is 0 Å². The third kappa shape index (κ3) is 5.52. The number of nitro benzene ring substituents is 1. The second-order valence-corrected chi connectivity index (χ2v) is 6.44. The number of carbonyl (C=O) groups is 2. The number of ether oxygens (including phenoxy) is 1. The molecule has 0 spiro atoms. The number of para-hydroxylation sites is 1. The lowest BCUT2D eigenvalue weighted by Gasteiger charge is -2.12. The van der Waals surface area contributed by atoms with Crippen LogP contribution >= 0.6 is 15.9 Å². The van der Waals surface area contributed by atoms with Gasteiger partial charge in [-0.2, -0.15) is 0 Å². The Labute approximate surface area is 164 Å². The van der Waals surface area contributed by atoms with Crippen molar-refractivity contribution >= 4 is 33.4 Å². The number of nitro groups is 1. The van der Waals surface area contributed by atoms with E-state index in [0.29, 0.717) is 16.8 Å². The predicted molar refractivity (Wildman–Crippen MR) is 103 cm³/mol. The number of halogens is 1. The second kappa shape index (κ2) is 9.67. The minimum atomic E-state index is -0.793. The second-order valence-electron chi connectivity index (χ2n) is 5.53. The quantitative estimate of drug-likeness (QED) is 0.392. The summed E-state index contributed by atoms with van der Waals surface area (Å²) in [6, 6.07) is 10.4. The normalized spacial score (nSPS) is 10.1. The molecule has 0 saturated carbocycles. The van der Waals surface area contributed by atoms with Crippen LogP contribution in [-0.2, 0) is 0 Å². The molecular weight excluding hydrogens is 418 g/mol. The molecule has 0 atom stereocenters. The van der Waals surface area contributed by atoms with Crippen molar-refractivity contribution in [3.05, 3.63) is 68.2 Å². The van der Waals surface area contributed by atoms with E-state index in [9.17, 15) is 19.7 Å². The van der Waals surface area contributed by atoms with Gasteiger partial charge in [-0.1, -0.05) is 41.4 Å². The van der Waals surface area contributed by atoms with E-state index in [1.54, 1.807) is 18.2 Å². The number of hydrogen-bond acceptors (Lipinski definition) is 5. The van der Waals surface area contributed by atoms with Gasteiger partial charge in [0.25, 0.3) is 17.5 Å². The highest BCUT2D eigenvalue weighted by atomic mass is 79.9. The van der Waals surface area contributed by atoms with Crippen molar-refractivity contribution in [1.29, 1.82) is 0 Å². The molecule has 0 aliphatic rings. The zero-order chi connectivity index (χ0) is 19.8. The smallest absolute Gasteiger partial charge is 0.282 e. The van der Waals surface area contributed by atoms with Crippen LogP contribution < -0.4 is 15.6 Å². The molecule has 0 heterocycles. The summed E-state index contributed by atoms with van der Waals surface area (Å²) in [7, 11) is 0. The van der Waals surface area contributed by atoms with Crippen LogP contribution in [0.25, 0.3) is 0 Å². The standard InChI is InChI=1S/C18H18BrN3O5/c1-2-3-10-27-16-9-8-12(19)11-14(16)18(24)21-20-17(23)13-6-4-5-7-15(13)22(25)26/h4-9,11H,2-3,10H2,1H3,(H,20,23)(H,21,24). The Kier molecular flexibility index (Phi) is 7.30. The lowest BCUT2D eigenvalue weighted by Crippen LogP contribution is -2.42. The number of benzene rings is 2. The maximum Gasteiger partial charge on any atom is 0.282 e. The van der Waals surface area contributed by atoms with E-state index < -0.39 is 16.7 Å². The summed E-state index contributed by atoms with van der Waals surface area (Å²) < 4.78 is 6.28. The Morgan fingerprint density at radius 1 is 1.11 bits per heavy atom. The average Bonchev–Trinajstić information content (AvgIpc) is 2.67. The van der Waals surface area contributed by atoms with E-state index in [1.807, 2.05) is 6.92 Å². The molecule has 0 aliphatic carbocycles. The van der Waals surface area contributed by atoms with E-state index in [1.165, 1.54) is 24.3 Å². The van der Waals surface area contributed by atoms with Crippen molar-refractivity contribution in [1.82, 2.24) is 10.9 Å². The number of nitrogens with zero attached hydrogens (tertiary/aromatic N) is 1. The molecular formula is C18H18BrN3O5. The van der Waals surface area contributed by atoms with E-state index >= 15 is 0 Å². The Morgan fingerprint density at radius 2 is 1.78 bits per heavy atom. The first-order chi connectivity index (χ1) is 12.9. The molecule has 2 N–H and O–H groups in total. The summed E-state index contributed by atoms with van der Waals surface area (Å²) in [6.07, 6.45) is 1.79. The fourth-order valence-electron chi connectivity index (χ4n) is 2.21. The molecule has 0 radical (unpaired) electrons. The Bertz CT molecular complexity index is 857. The highest BCUT2D eigenvalue weighted by Gasteiger charge is 2.20. The number of rotatable bonds is 7. The molecule has 8 nitrogen and oxygen atoms in total. The maximum atomic E-state index is 12.4. The largest absolute Gasteiger partial charge is 0.493 e.